The molecule has 2 aromatic rings. The molecule has 0 bridgehead atoms. The Balaban J connectivity index is 1.25. The monoisotopic (exact) mass is 468 g/mol. The number of nitrogens with one attached hydrogen (secondary N) is 1. The minimum Gasteiger partial charge on any atom is -0.480 e. The normalized spacial score (nSPS) is 18.2. The molecule has 2 amide bonds. The Morgan fingerprint density at radius 2 is 1.76 bits per heavy atom. The van der Waals surface area contributed by atoms with E-state index in [2.05, 4.69) is 29.6 Å². The Hall–Kier alpha value is -3.00. The molecule has 1 aliphatic heterocycles. The summed E-state index contributed by atoms with van der Waals surface area (Å²) in [7, 11) is 0. The number of fused-ring (bicyclic) bond motifs is 3. The molecule has 0 spiro atoms. The molecule has 4 rings (SSSR count). The highest BCUT2D eigenvalue weighted by atomic mass is 32.2. The molecule has 8 heteroatoms. The SMILES string of the molecule is CC(CNC(=O)OCC1c2ccccc2-c2ccccc21)CC(=O)N1CCSC(C(=O)O)C1. The number of hydrogen-bond donors (Lipinski definition) is 2. The Bertz CT molecular complexity index is 997. The van der Waals surface area contributed by atoms with Crippen LogP contribution in [0.25, 0.3) is 11.1 Å². The number of carbonyl (C=O) groups excluding carboxylic acids is 2. The van der Waals surface area contributed by atoms with Gasteiger partial charge in [0.2, 0.25) is 5.91 Å². The third-order valence-corrected chi connectivity index (χ3v) is 7.33. The standard InChI is InChI=1S/C25H28N2O5S/c1-16(12-23(28)27-10-11-33-22(14-27)24(29)30)13-26-25(31)32-15-21-19-8-4-2-6-17(19)18-7-3-5-9-20(18)21/h2-9,16,21-22H,10-15H2,1H3,(H,26,31)(H,29,30). The van der Waals surface area contributed by atoms with Crippen molar-refractivity contribution < 1.29 is 24.2 Å². The highest BCUT2D eigenvalue weighted by molar-refractivity contribution is 8.00. The molecule has 174 valence electrons. The topological polar surface area (TPSA) is 95.9 Å². The van der Waals surface area contributed by atoms with Crippen molar-refractivity contribution in [3.05, 3.63) is 59.7 Å². The van der Waals surface area contributed by atoms with Crippen molar-refractivity contribution >= 4 is 29.7 Å². The number of alkyl carbamates (subject to hydrolysis) is 1. The number of carboxylic acids is 1. The predicted molar refractivity (Wildman–Crippen MR) is 127 cm³/mol. The molecular weight excluding hydrogens is 440 g/mol. The van der Waals surface area contributed by atoms with Crippen molar-refractivity contribution in [3.63, 3.8) is 0 Å². The van der Waals surface area contributed by atoms with Crippen LogP contribution in [0.3, 0.4) is 0 Å². The van der Waals surface area contributed by atoms with E-state index in [4.69, 9.17) is 4.74 Å². The predicted octanol–water partition coefficient (Wildman–Crippen LogP) is 3.58. The van der Waals surface area contributed by atoms with Crippen LogP contribution in [-0.2, 0) is 14.3 Å². The number of carboxylic acid groups (broad SMARTS) is 1. The average Bonchev–Trinajstić information content (AvgIpc) is 3.15. The number of aliphatic carboxylic acids is 1. The second-order valence-corrected chi connectivity index (χ2v) is 9.86. The maximum Gasteiger partial charge on any atom is 0.407 e. The highest BCUT2D eigenvalue weighted by Crippen LogP contribution is 2.44. The molecule has 2 aliphatic rings. The maximum absolute atomic E-state index is 12.5. The first-order valence-electron chi connectivity index (χ1n) is 11.1. The number of amides is 2. The van der Waals surface area contributed by atoms with Gasteiger partial charge in [-0.1, -0.05) is 55.5 Å². The van der Waals surface area contributed by atoms with Gasteiger partial charge in [0.15, 0.2) is 0 Å². The molecule has 2 N–H and O–H groups in total. The largest absolute Gasteiger partial charge is 0.480 e. The summed E-state index contributed by atoms with van der Waals surface area (Å²) in [4.78, 5) is 37.7. The van der Waals surface area contributed by atoms with E-state index in [1.54, 1.807) is 4.90 Å². The summed E-state index contributed by atoms with van der Waals surface area (Å²) in [6.45, 7) is 3.22. The number of thioether (sulfide) groups is 1. The minimum atomic E-state index is -0.887. The molecular formula is C25H28N2O5S. The van der Waals surface area contributed by atoms with Crippen molar-refractivity contribution in [1.82, 2.24) is 10.2 Å². The zero-order valence-electron chi connectivity index (χ0n) is 18.5. The van der Waals surface area contributed by atoms with Gasteiger partial charge in [0.05, 0.1) is 0 Å². The Morgan fingerprint density at radius 1 is 1.12 bits per heavy atom. The second-order valence-electron chi connectivity index (χ2n) is 8.55. The highest BCUT2D eigenvalue weighted by Gasteiger charge is 2.30. The van der Waals surface area contributed by atoms with Gasteiger partial charge in [-0.3, -0.25) is 9.59 Å². The molecule has 0 saturated carbocycles. The van der Waals surface area contributed by atoms with E-state index in [9.17, 15) is 19.5 Å². The molecule has 0 radical (unpaired) electrons. The first-order valence-corrected chi connectivity index (χ1v) is 12.2. The lowest BCUT2D eigenvalue weighted by Gasteiger charge is -2.31. The van der Waals surface area contributed by atoms with Crippen LogP contribution < -0.4 is 5.32 Å². The van der Waals surface area contributed by atoms with E-state index in [0.29, 0.717) is 18.8 Å². The van der Waals surface area contributed by atoms with Crippen LogP contribution in [0.15, 0.2) is 48.5 Å². The molecule has 0 aromatic heterocycles. The summed E-state index contributed by atoms with van der Waals surface area (Å²) in [5, 5.41) is 11.4. The molecule has 1 fully saturated rings. The lowest BCUT2D eigenvalue weighted by atomic mass is 9.98. The quantitative estimate of drug-likeness (QED) is 0.645. The van der Waals surface area contributed by atoms with Crippen LogP contribution in [0.1, 0.15) is 30.4 Å². The van der Waals surface area contributed by atoms with Gasteiger partial charge in [-0.15, -0.1) is 11.8 Å². The van der Waals surface area contributed by atoms with E-state index < -0.39 is 17.3 Å². The van der Waals surface area contributed by atoms with Crippen LogP contribution in [0.5, 0.6) is 0 Å². The van der Waals surface area contributed by atoms with Crippen LogP contribution in [0.4, 0.5) is 4.79 Å². The Kier molecular flexibility index (Phi) is 7.23. The zero-order chi connectivity index (χ0) is 23.4. The number of carbonyl (C=O) groups is 3. The van der Waals surface area contributed by atoms with E-state index in [0.717, 1.165) is 11.1 Å². The molecule has 1 saturated heterocycles. The molecule has 2 aromatic carbocycles. The maximum atomic E-state index is 12.5. The summed E-state index contributed by atoms with van der Waals surface area (Å²) in [6, 6.07) is 16.3. The summed E-state index contributed by atoms with van der Waals surface area (Å²) in [5.74, 6) is -0.433. The van der Waals surface area contributed by atoms with Crippen LogP contribution in [-0.4, -0.2) is 65.2 Å². The first kappa shape index (κ1) is 23.2. The van der Waals surface area contributed by atoms with E-state index >= 15 is 0 Å². The van der Waals surface area contributed by atoms with Gasteiger partial charge in [0.1, 0.15) is 11.9 Å². The Morgan fingerprint density at radius 3 is 2.39 bits per heavy atom. The van der Waals surface area contributed by atoms with E-state index in [1.807, 2.05) is 31.2 Å². The van der Waals surface area contributed by atoms with Crippen LogP contribution in [0, 0.1) is 5.92 Å². The smallest absolute Gasteiger partial charge is 0.407 e. The summed E-state index contributed by atoms with van der Waals surface area (Å²) in [5.41, 5.74) is 4.67. The number of ether oxygens (including phenoxy) is 1. The number of hydrogen-bond acceptors (Lipinski definition) is 5. The molecule has 7 nitrogen and oxygen atoms in total. The van der Waals surface area contributed by atoms with E-state index in [-0.39, 0.29) is 37.3 Å². The molecule has 1 heterocycles. The number of benzene rings is 2. The average molecular weight is 469 g/mol. The van der Waals surface area contributed by atoms with Crippen molar-refractivity contribution in [2.24, 2.45) is 5.92 Å². The zero-order valence-corrected chi connectivity index (χ0v) is 19.3. The number of rotatable bonds is 7. The van der Waals surface area contributed by atoms with Gasteiger partial charge in [-0.2, -0.15) is 0 Å². The molecule has 1 aliphatic carbocycles. The summed E-state index contributed by atoms with van der Waals surface area (Å²) >= 11 is 1.37. The fourth-order valence-corrected chi connectivity index (χ4v) is 5.47. The van der Waals surface area contributed by atoms with Crippen molar-refractivity contribution in [3.8, 4) is 11.1 Å². The minimum absolute atomic E-state index is 0.00121. The molecule has 2 atom stereocenters. The van der Waals surface area contributed by atoms with Gasteiger partial charge in [-0.05, 0) is 28.2 Å². The van der Waals surface area contributed by atoms with Gasteiger partial charge in [0.25, 0.3) is 0 Å². The lowest BCUT2D eigenvalue weighted by Crippen LogP contribution is -2.45. The van der Waals surface area contributed by atoms with Gasteiger partial charge < -0.3 is 20.1 Å². The molecule has 2 unspecified atom stereocenters. The third-order valence-electron chi connectivity index (χ3n) is 6.16. The first-order chi connectivity index (χ1) is 15.9. The second kappa shape index (κ2) is 10.3. The van der Waals surface area contributed by atoms with Gasteiger partial charge >= 0.3 is 12.1 Å². The van der Waals surface area contributed by atoms with Crippen molar-refractivity contribution in [1.29, 1.82) is 0 Å². The molecule has 33 heavy (non-hydrogen) atoms. The fourth-order valence-electron chi connectivity index (χ4n) is 4.43. The summed E-state index contributed by atoms with van der Waals surface area (Å²) in [6.07, 6.45) is -0.253. The van der Waals surface area contributed by atoms with Crippen molar-refractivity contribution in [2.75, 3.05) is 32.0 Å². The van der Waals surface area contributed by atoms with E-state index in [1.165, 1.54) is 22.9 Å². The Labute approximate surface area is 197 Å². The van der Waals surface area contributed by atoms with Gasteiger partial charge in [0, 0.05) is 37.7 Å². The third kappa shape index (κ3) is 5.33. The van der Waals surface area contributed by atoms with Crippen LogP contribution >= 0.6 is 11.8 Å². The lowest BCUT2D eigenvalue weighted by molar-refractivity contribution is -0.138. The van der Waals surface area contributed by atoms with Gasteiger partial charge in [-0.25, -0.2) is 4.79 Å². The number of nitrogens with zero attached hydrogens (tertiary/aromatic N) is 1. The fraction of sp³-hybridized carbons (Fsp3) is 0.400. The summed E-state index contributed by atoms with van der Waals surface area (Å²) < 4.78 is 5.54. The van der Waals surface area contributed by atoms with Crippen molar-refractivity contribution in [2.45, 2.75) is 24.5 Å². The van der Waals surface area contributed by atoms with Crippen LogP contribution in [0.2, 0.25) is 0 Å².